The van der Waals surface area contributed by atoms with Crippen molar-refractivity contribution in [3.63, 3.8) is 0 Å². The molecule has 0 spiro atoms. The van der Waals surface area contributed by atoms with Crippen molar-refractivity contribution in [1.29, 1.82) is 0 Å². The van der Waals surface area contributed by atoms with Crippen LogP contribution in [0.4, 0.5) is 0 Å². The highest BCUT2D eigenvalue weighted by Gasteiger charge is 2.11. The van der Waals surface area contributed by atoms with Gasteiger partial charge in [-0.1, -0.05) is 30.4 Å². The summed E-state index contributed by atoms with van der Waals surface area (Å²) in [7, 11) is 0. The average Bonchev–Trinajstić information content (AvgIpc) is 2.30. The summed E-state index contributed by atoms with van der Waals surface area (Å²) in [5.74, 6) is 0.846. The van der Waals surface area contributed by atoms with Crippen molar-refractivity contribution in [2.75, 3.05) is 6.61 Å². The van der Waals surface area contributed by atoms with Crippen LogP contribution in [-0.4, -0.2) is 17.8 Å². The number of hydrogen-bond donors (Lipinski definition) is 1. The van der Waals surface area contributed by atoms with Gasteiger partial charge in [0.1, 0.15) is 5.76 Å². The summed E-state index contributed by atoms with van der Waals surface area (Å²) in [5, 5.41) is 9.14. The predicted octanol–water partition coefficient (Wildman–Crippen LogP) is 2.91. The van der Waals surface area contributed by atoms with Gasteiger partial charge in [-0.2, -0.15) is 0 Å². The van der Waals surface area contributed by atoms with Crippen LogP contribution < -0.4 is 0 Å². The number of aliphatic hydroxyl groups excluding tert-OH is 1. The third-order valence-corrected chi connectivity index (χ3v) is 2.63. The summed E-state index contributed by atoms with van der Waals surface area (Å²) >= 11 is 0. The van der Waals surface area contributed by atoms with E-state index in [2.05, 4.69) is 24.3 Å². The zero-order valence-electron chi connectivity index (χ0n) is 8.67. The van der Waals surface area contributed by atoms with Crippen molar-refractivity contribution < 1.29 is 9.84 Å². The quantitative estimate of drug-likeness (QED) is 0.766. The Hall–Kier alpha value is -1.28. The molecule has 2 heteroatoms. The van der Waals surface area contributed by atoms with Crippen molar-refractivity contribution in [2.45, 2.75) is 18.9 Å². The topological polar surface area (TPSA) is 29.5 Å². The van der Waals surface area contributed by atoms with Crippen LogP contribution in [0.1, 0.15) is 12.8 Å². The van der Waals surface area contributed by atoms with Crippen LogP contribution in [0.25, 0.3) is 0 Å². The van der Waals surface area contributed by atoms with Crippen molar-refractivity contribution >= 4 is 0 Å². The van der Waals surface area contributed by atoms with E-state index >= 15 is 0 Å². The molecule has 2 aliphatic rings. The van der Waals surface area contributed by atoms with Crippen LogP contribution in [0.5, 0.6) is 0 Å². The van der Waals surface area contributed by atoms with E-state index in [0.717, 1.165) is 19.4 Å². The van der Waals surface area contributed by atoms with Gasteiger partial charge in [0.2, 0.25) is 0 Å². The minimum absolute atomic E-state index is 0.125. The molecule has 80 valence electrons. The Morgan fingerprint density at radius 2 is 2.20 bits per heavy atom. The van der Waals surface area contributed by atoms with Crippen LogP contribution >= 0.6 is 0 Å². The molecule has 1 N–H and O–H groups in total. The highest BCUT2D eigenvalue weighted by Crippen LogP contribution is 2.16. The molecule has 0 aromatic carbocycles. The number of allylic oxidation sites excluding steroid dienone is 4. The van der Waals surface area contributed by atoms with E-state index in [-0.39, 0.29) is 6.10 Å². The van der Waals surface area contributed by atoms with E-state index in [1.165, 1.54) is 0 Å². The lowest BCUT2D eigenvalue weighted by Gasteiger charge is -2.19. The van der Waals surface area contributed by atoms with Gasteiger partial charge in [-0.25, -0.2) is 0 Å². The monoisotopic (exact) mass is 204 g/mol. The van der Waals surface area contributed by atoms with Crippen LogP contribution in [0, 0.1) is 5.92 Å². The van der Waals surface area contributed by atoms with E-state index in [9.17, 15) is 0 Å². The molecule has 0 aromatic rings. The standard InChI is InChI=1S/C13H16O2/c14-12-6-8-13(9-7-12)15-10-11-4-2-1-3-5-11/h1-4,6-8,11,13-14H,5,9-10H2. The van der Waals surface area contributed by atoms with E-state index in [0.29, 0.717) is 11.7 Å². The molecule has 2 nitrogen and oxygen atoms in total. The molecule has 15 heavy (non-hydrogen) atoms. The van der Waals surface area contributed by atoms with Crippen LogP contribution in [0.2, 0.25) is 0 Å². The summed E-state index contributed by atoms with van der Waals surface area (Å²) in [6.07, 6.45) is 15.8. The zero-order chi connectivity index (χ0) is 10.5. The molecule has 2 unspecified atom stereocenters. The molecule has 0 fully saturated rings. The fourth-order valence-corrected chi connectivity index (χ4v) is 1.72. The summed E-state index contributed by atoms with van der Waals surface area (Å²) in [5.41, 5.74) is 0. The van der Waals surface area contributed by atoms with Crippen molar-refractivity contribution in [3.8, 4) is 0 Å². The van der Waals surface area contributed by atoms with Crippen LogP contribution in [0.15, 0.2) is 48.3 Å². The first-order valence-corrected chi connectivity index (χ1v) is 5.37. The maximum absolute atomic E-state index is 9.14. The minimum Gasteiger partial charge on any atom is -0.508 e. The second kappa shape index (κ2) is 4.99. The SMILES string of the molecule is OC1=CCC(OCC2C=CC=CC2)C=C1. The third-order valence-electron chi connectivity index (χ3n) is 2.63. The fraction of sp³-hybridized carbons (Fsp3) is 0.385. The third kappa shape index (κ3) is 3.10. The molecule has 0 saturated heterocycles. The second-order valence-electron chi connectivity index (χ2n) is 3.90. The number of hydrogen-bond acceptors (Lipinski definition) is 2. The second-order valence-corrected chi connectivity index (χ2v) is 3.90. The van der Waals surface area contributed by atoms with Gasteiger partial charge in [0.25, 0.3) is 0 Å². The van der Waals surface area contributed by atoms with Gasteiger partial charge in [-0.15, -0.1) is 0 Å². The van der Waals surface area contributed by atoms with Gasteiger partial charge in [-0.05, 0) is 25.0 Å². The predicted molar refractivity (Wildman–Crippen MR) is 60.6 cm³/mol. The molecule has 0 aromatic heterocycles. The van der Waals surface area contributed by atoms with Gasteiger partial charge in [0.15, 0.2) is 0 Å². The van der Waals surface area contributed by atoms with Crippen LogP contribution in [-0.2, 0) is 4.74 Å². The maximum Gasteiger partial charge on any atom is 0.111 e. The molecule has 0 aliphatic heterocycles. The molecule has 2 atom stereocenters. The highest BCUT2D eigenvalue weighted by molar-refractivity contribution is 5.18. The summed E-state index contributed by atoms with van der Waals surface area (Å²) in [6, 6.07) is 0. The molecule has 0 heterocycles. The summed E-state index contributed by atoms with van der Waals surface area (Å²) < 4.78 is 5.74. The van der Waals surface area contributed by atoms with E-state index in [4.69, 9.17) is 9.84 Å². The zero-order valence-corrected chi connectivity index (χ0v) is 8.67. The van der Waals surface area contributed by atoms with Crippen molar-refractivity contribution in [2.24, 2.45) is 5.92 Å². The molecule has 2 rings (SSSR count). The first kappa shape index (κ1) is 10.2. The number of ether oxygens (including phenoxy) is 1. The lowest BCUT2D eigenvalue weighted by molar-refractivity contribution is 0.0677. The Bertz CT molecular complexity index is 323. The first-order valence-electron chi connectivity index (χ1n) is 5.37. The molecule has 0 saturated carbocycles. The Morgan fingerprint density at radius 1 is 1.27 bits per heavy atom. The lowest BCUT2D eigenvalue weighted by Crippen LogP contribution is -2.17. The molecule has 2 aliphatic carbocycles. The Kier molecular flexibility index (Phi) is 3.41. The smallest absolute Gasteiger partial charge is 0.111 e. The Labute approximate surface area is 90.3 Å². The molecule has 0 bridgehead atoms. The lowest BCUT2D eigenvalue weighted by atomic mass is 10.0. The van der Waals surface area contributed by atoms with E-state index in [1.54, 1.807) is 12.2 Å². The average molecular weight is 204 g/mol. The first-order chi connectivity index (χ1) is 7.34. The Morgan fingerprint density at radius 3 is 2.87 bits per heavy atom. The molecular weight excluding hydrogens is 188 g/mol. The van der Waals surface area contributed by atoms with Gasteiger partial charge < -0.3 is 9.84 Å². The van der Waals surface area contributed by atoms with Gasteiger partial charge >= 0.3 is 0 Å². The number of rotatable bonds is 3. The normalized spacial score (nSPS) is 29.2. The largest absolute Gasteiger partial charge is 0.508 e. The van der Waals surface area contributed by atoms with Gasteiger partial charge in [0.05, 0.1) is 12.7 Å². The van der Waals surface area contributed by atoms with Crippen molar-refractivity contribution in [3.05, 3.63) is 48.3 Å². The van der Waals surface area contributed by atoms with E-state index in [1.807, 2.05) is 6.08 Å². The van der Waals surface area contributed by atoms with Gasteiger partial charge in [0, 0.05) is 5.92 Å². The summed E-state index contributed by atoms with van der Waals surface area (Å²) in [6.45, 7) is 0.754. The Balaban J connectivity index is 1.73. The minimum atomic E-state index is 0.125. The molecular formula is C13H16O2. The molecule has 0 radical (unpaired) electrons. The highest BCUT2D eigenvalue weighted by atomic mass is 16.5. The van der Waals surface area contributed by atoms with Crippen LogP contribution in [0.3, 0.4) is 0 Å². The van der Waals surface area contributed by atoms with Gasteiger partial charge in [-0.3, -0.25) is 0 Å². The summed E-state index contributed by atoms with van der Waals surface area (Å²) in [4.78, 5) is 0. The number of aliphatic hydroxyl groups is 1. The fourth-order valence-electron chi connectivity index (χ4n) is 1.72. The maximum atomic E-state index is 9.14. The van der Waals surface area contributed by atoms with Crippen molar-refractivity contribution in [1.82, 2.24) is 0 Å². The van der Waals surface area contributed by atoms with E-state index < -0.39 is 0 Å². The molecule has 0 amide bonds.